The molecule has 0 aliphatic carbocycles. The molecule has 0 atom stereocenters. The van der Waals surface area contributed by atoms with Crippen molar-refractivity contribution in [3.8, 4) is 11.5 Å². The lowest BCUT2D eigenvalue weighted by Crippen LogP contribution is -2.30. The molecule has 0 spiro atoms. The van der Waals surface area contributed by atoms with E-state index < -0.39 is 0 Å². The quantitative estimate of drug-likeness (QED) is 0.419. The molecular formula is C26H27N3O3. The first-order chi connectivity index (χ1) is 15.6. The van der Waals surface area contributed by atoms with Crippen LogP contribution in [0.2, 0.25) is 0 Å². The van der Waals surface area contributed by atoms with Crippen LogP contribution in [-0.4, -0.2) is 41.6 Å². The summed E-state index contributed by atoms with van der Waals surface area (Å²) in [6, 6.07) is 23.7. The lowest BCUT2D eigenvalue weighted by Gasteiger charge is -2.19. The van der Waals surface area contributed by atoms with E-state index in [1.165, 1.54) is 0 Å². The Labute approximate surface area is 188 Å². The molecule has 6 nitrogen and oxygen atoms in total. The predicted molar refractivity (Wildman–Crippen MR) is 125 cm³/mol. The molecule has 0 aliphatic heterocycles. The number of hydrogen-bond donors (Lipinski definition) is 0. The van der Waals surface area contributed by atoms with Crippen LogP contribution in [0.5, 0.6) is 11.5 Å². The van der Waals surface area contributed by atoms with Crippen LogP contribution < -0.4 is 9.47 Å². The van der Waals surface area contributed by atoms with Gasteiger partial charge < -0.3 is 18.9 Å². The number of nitrogens with zero attached hydrogens (tertiary/aromatic N) is 3. The molecule has 164 valence electrons. The van der Waals surface area contributed by atoms with Crippen molar-refractivity contribution < 1.29 is 14.3 Å². The monoisotopic (exact) mass is 429 g/mol. The van der Waals surface area contributed by atoms with E-state index in [-0.39, 0.29) is 12.5 Å². The second kappa shape index (κ2) is 9.56. The van der Waals surface area contributed by atoms with Gasteiger partial charge >= 0.3 is 0 Å². The number of imidazole rings is 1. The fourth-order valence-electron chi connectivity index (χ4n) is 3.81. The maximum atomic E-state index is 13.1. The van der Waals surface area contributed by atoms with Gasteiger partial charge in [0.05, 0.1) is 25.3 Å². The van der Waals surface area contributed by atoms with Gasteiger partial charge in [0.25, 0.3) is 0 Å². The van der Waals surface area contributed by atoms with E-state index in [0.717, 1.165) is 28.0 Å². The van der Waals surface area contributed by atoms with E-state index in [1.54, 1.807) is 19.1 Å². The summed E-state index contributed by atoms with van der Waals surface area (Å²) in [6.07, 6.45) is 0.574. The summed E-state index contributed by atoms with van der Waals surface area (Å²) in [5, 5.41) is 0. The Morgan fingerprint density at radius 1 is 0.906 bits per heavy atom. The Morgan fingerprint density at radius 3 is 2.38 bits per heavy atom. The number of hydrogen-bond acceptors (Lipinski definition) is 4. The maximum Gasteiger partial charge on any atom is 0.242 e. The van der Waals surface area contributed by atoms with Crippen LogP contribution in [0.1, 0.15) is 17.0 Å². The van der Waals surface area contributed by atoms with Crippen LogP contribution in [-0.2, 0) is 24.3 Å². The molecule has 0 fully saturated rings. The molecule has 4 aromatic rings. The van der Waals surface area contributed by atoms with Crippen LogP contribution in [0, 0.1) is 0 Å². The van der Waals surface area contributed by atoms with Crippen LogP contribution in [0.3, 0.4) is 0 Å². The molecule has 0 radical (unpaired) electrons. The van der Waals surface area contributed by atoms with Gasteiger partial charge in [-0.2, -0.15) is 0 Å². The zero-order valence-corrected chi connectivity index (χ0v) is 18.6. The van der Waals surface area contributed by atoms with E-state index in [0.29, 0.717) is 24.5 Å². The van der Waals surface area contributed by atoms with Crippen molar-refractivity contribution in [2.45, 2.75) is 19.5 Å². The van der Waals surface area contributed by atoms with Gasteiger partial charge in [0.1, 0.15) is 12.4 Å². The van der Waals surface area contributed by atoms with Crippen molar-refractivity contribution in [3.63, 3.8) is 0 Å². The van der Waals surface area contributed by atoms with E-state index in [9.17, 15) is 4.79 Å². The molecule has 0 bridgehead atoms. The zero-order valence-electron chi connectivity index (χ0n) is 18.6. The minimum absolute atomic E-state index is 0.0329. The second-order valence-electron chi connectivity index (χ2n) is 7.70. The lowest BCUT2D eigenvalue weighted by molar-refractivity contribution is -0.131. The van der Waals surface area contributed by atoms with Gasteiger partial charge in [0.2, 0.25) is 5.91 Å². The summed E-state index contributed by atoms with van der Waals surface area (Å²) < 4.78 is 12.8. The number of ether oxygens (including phenoxy) is 2. The largest absolute Gasteiger partial charge is 0.493 e. The summed E-state index contributed by atoms with van der Waals surface area (Å²) in [5.74, 6) is 2.22. The third-order valence-corrected chi connectivity index (χ3v) is 5.53. The first kappa shape index (κ1) is 21.4. The standard InChI is InChI=1S/C26H27N3O3/c1-28(17-19-9-5-4-6-10-19)26(30)18-29-22-12-8-7-11-21(22)27-25(29)16-20-13-14-23(31-2)24(15-20)32-3/h4-15H,16-18H2,1-3H3. The number of likely N-dealkylation sites (N-methyl/N-ethyl adjacent to an activating group) is 1. The van der Waals surface area contributed by atoms with Gasteiger partial charge in [0.15, 0.2) is 11.5 Å². The molecule has 32 heavy (non-hydrogen) atoms. The molecule has 0 N–H and O–H groups in total. The molecule has 1 amide bonds. The number of methoxy groups -OCH3 is 2. The van der Waals surface area contributed by atoms with Crippen molar-refractivity contribution in [3.05, 3.63) is 89.7 Å². The molecule has 1 heterocycles. The molecule has 3 aromatic carbocycles. The Kier molecular flexibility index (Phi) is 6.40. The SMILES string of the molecule is COc1ccc(Cc2nc3ccccc3n2CC(=O)N(C)Cc2ccccc2)cc1OC. The summed E-state index contributed by atoms with van der Waals surface area (Å²) >= 11 is 0. The van der Waals surface area contributed by atoms with Gasteiger partial charge in [-0.3, -0.25) is 4.79 Å². The predicted octanol–water partition coefficient (Wildman–Crippen LogP) is 4.30. The molecule has 0 unspecified atom stereocenters. The lowest BCUT2D eigenvalue weighted by atomic mass is 10.1. The first-order valence-corrected chi connectivity index (χ1v) is 10.5. The van der Waals surface area contributed by atoms with Crippen LogP contribution >= 0.6 is 0 Å². The molecular weight excluding hydrogens is 402 g/mol. The normalized spacial score (nSPS) is 10.8. The van der Waals surface area contributed by atoms with Crippen LogP contribution in [0.15, 0.2) is 72.8 Å². The summed E-state index contributed by atoms with van der Waals surface area (Å²) in [4.78, 5) is 19.7. The summed E-state index contributed by atoms with van der Waals surface area (Å²) in [7, 11) is 5.08. The fourth-order valence-corrected chi connectivity index (χ4v) is 3.81. The highest BCUT2D eigenvalue weighted by Gasteiger charge is 2.17. The number of benzene rings is 3. The maximum absolute atomic E-state index is 13.1. The van der Waals surface area contributed by atoms with Gasteiger partial charge in [-0.15, -0.1) is 0 Å². The minimum atomic E-state index is 0.0329. The van der Waals surface area contributed by atoms with E-state index in [4.69, 9.17) is 14.5 Å². The Balaban J connectivity index is 1.61. The Hall–Kier alpha value is -3.80. The average Bonchev–Trinajstić information content (AvgIpc) is 3.16. The molecule has 1 aromatic heterocycles. The highest BCUT2D eigenvalue weighted by molar-refractivity contribution is 5.81. The summed E-state index contributed by atoms with van der Waals surface area (Å²) in [6.45, 7) is 0.795. The number of para-hydroxylation sites is 2. The highest BCUT2D eigenvalue weighted by atomic mass is 16.5. The average molecular weight is 430 g/mol. The van der Waals surface area contributed by atoms with Crippen molar-refractivity contribution in [1.29, 1.82) is 0 Å². The zero-order chi connectivity index (χ0) is 22.5. The highest BCUT2D eigenvalue weighted by Crippen LogP contribution is 2.29. The third-order valence-electron chi connectivity index (χ3n) is 5.53. The first-order valence-electron chi connectivity index (χ1n) is 10.5. The molecule has 4 rings (SSSR count). The molecule has 6 heteroatoms. The van der Waals surface area contributed by atoms with E-state index >= 15 is 0 Å². The number of amides is 1. The van der Waals surface area contributed by atoms with Gasteiger partial charge in [-0.25, -0.2) is 4.98 Å². The van der Waals surface area contributed by atoms with E-state index in [1.807, 2.05) is 84.4 Å². The number of aromatic nitrogens is 2. The van der Waals surface area contributed by atoms with Crippen LogP contribution in [0.4, 0.5) is 0 Å². The van der Waals surface area contributed by atoms with Crippen molar-refractivity contribution >= 4 is 16.9 Å². The fraction of sp³-hybridized carbons (Fsp3) is 0.231. The van der Waals surface area contributed by atoms with Crippen molar-refractivity contribution in [1.82, 2.24) is 14.5 Å². The smallest absolute Gasteiger partial charge is 0.242 e. The van der Waals surface area contributed by atoms with Crippen LogP contribution in [0.25, 0.3) is 11.0 Å². The number of carbonyl (C=O) groups is 1. The van der Waals surface area contributed by atoms with Gasteiger partial charge in [-0.05, 0) is 35.4 Å². The summed E-state index contributed by atoms with van der Waals surface area (Å²) in [5.41, 5.74) is 3.96. The number of rotatable bonds is 8. The Morgan fingerprint density at radius 2 is 1.62 bits per heavy atom. The van der Waals surface area contributed by atoms with Gasteiger partial charge in [-0.1, -0.05) is 48.5 Å². The Bertz CT molecular complexity index is 1220. The van der Waals surface area contributed by atoms with Crippen molar-refractivity contribution in [2.75, 3.05) is 21.3 Å². The second-order valence-corrected chi connectivity index (χ2v) is 7.70. The number of carbonyl (C=O) groups excluding carboxylic acids is 1. The minimum Gasteiger partial charge on any atom is -0.493 e. The van der Waals surface area contributed by atoms with Crippen molar-refractivity contribution in [2.24, 2.45) is 0 Å². The molecule has 0 saturated heterocycles. The number of fused-ring (bicyclic) bond motifs is 1. The van der Waals surface area contributed by atoms with Gasteiger partial charge in [0, 0.05) is 20.0 Å². The third kappa shape index (κ3) is 4.59. The molecule has 0 saturated carbocycles. The molecule has 0 aliphatic rings. The topological polar surface area (TPSA) is 56.6 Å². The van der Waals surface area contributed by atoms with E-state index in [2.05, 4.69) is 0 Å².